The van der Waals surface area contributed by atoms with E-state index in [2.05, 4.69) is 6.92 Å². The Balaban J connectivity index is 3.27. The minimum Gasteiger partial charge on any atom is -0.411 e. The van der Waals surface area contributed by atoms with Crippen molar-refractivity contribution in [2.75, 3.05) is 13.6 Å². The number of nitrogens with zero attached hydrogens (tertiary/aromatic N) is 1. The molecule has 0 rings (SSSR count). The largest absolute Gasteiger partial charge is 0.411 e. The van der Waals surface area contributed by atoms with Crippen molar-refractivity contribution in [2.45, 2.75) is 19.8 Å². The third kappa shape index (κ3) is 4.60. The first-order chi connectivity index (χ1) is 4.18. The molecule has 0 aromatic carbocycles. The third-order valence-corrected chi connectivity index (χ3v) is 1.78. The normalized spacial score (nSPS) is 9.11. The first-order valence-corrected chi connectivity index (χ1v) is 3.92. The van der Waals surface area contributed by atoms with Crippen LogP contribution in [0, 0.1) is 0 Å². The third-order valence-electron chi connectivity index (χ3n) is 1.16. The standard InChI is InChI=1S/C6H13NS2/c1-3-4-5-7(2)6(8)9/h3-5H2,1-2H3,(H,8,9)/p-1. The molecule has 0 amide bonds. The van der Waals surface area contributed by atoms with E-state index >= 15 is 0 Å². The molecule has 0 aromatic rings. The van der Waals surface area contributed by atoms with E-state index in [-0.39, 0.29) is 0 Å². The number of thiocarbonyl (C=S) groups is 1. The molecule has 0 N–H and O–H groups in total. The molecular formula is C6H12NS2-. The smallest absolute Gasteiger partial charge is 0.0159 e. The van der Waals surface area contributed by atoms with Crippen molar-refractivity contribution in [1.82, 2.24) is 4.90 Å². The number of rotatable bonds is 3. The molecule has 0 atom stereocenters. The molecule has 0 unspecified atom stereocenters. The number of unbranched alkanes of at least 4 members (excludes halogenated alkanes) is 1. The van der Waals surface area contributed by atoms with Gasteiger partial charge < -0.3 is 29.7 Å². The van der Waals surface area contributed by atoms with Gasteiger partial charge in [-0.3, -0.25) is 0 Å². The first-order valence-electron chi connectivity index (χ1n) is 3.10. The van der Waals surface area contributed by atoms with Crippen LogP contribution in [-0.2, 0) is 12.6 Å². The van der Waals surface area contributed by atoms with Gasteiger partial charge in [-0.15, -0.1) is 0 Å². The minimum absolute atomic E-state index is 0.573. The molecule has 0 saturated heterocycles. The van der Waals surface area contributed by atoms with Crippen molar-refractivity contribution in [1.29, 1.82) is 0 Å². The summed E-state index contributed by atoms with van der Waals surface area (Å²) in [6, 6.07) is 0. The van der Waals surface area contributed by atoms with Crippen molar-refractivity contribution < 1.29 is 0 Å². The van der Waals surface area contributed by atoms with Crippen LogP contribution in [0.25, 0.3) is 0 Å². The summed E-state index contributed by atoms with van der Waals surface area (Å²) in [5.74, 6) is 0. The van der Waals surface area contributed by atoms with Crippen molar-refractivity contribution in [3.8, 4) is 0 Å². The van der Waals surface area contributed by atoms with Gasteiger partial charge in [0.05, 0.1) is 0 Å². The van der Waals surface area contributed by atoms with Crippen LogP contribution in [0.4, 0.5) is 0 Å². The lowest BCUT2D eigenvalue weighted by atomic mass is 10.3. The quantitative estimate of drug-likeness (QED) is 0.458. The molecule has 0 radical (unpaired) electrons. The lowest BCUT2D eigenvalue weighted by molar-refractivity contribution is 0.500. The molecule has 0 saturated carbocycles. The van der Waals surface area contributed by atoms with Gasteiger partial charge in [0.15, 0.2) is 0 Å². The highest BCUT2D eigenvalue weighted by molar-refractivity contribution is 8.00. The highest BCUT2D eigenvalue weighted by atomic mass is 32.1. The van der Waals surface area contributed by atoms with Crippen LogP contribution < -0.4 is 0 Å². The van der Waals surface area contributed by atoms with Crippen LogP contribution in [-0.4, -0.2) is 22.8 Å². The molecule has 0 heterocycles. The SMILES string of the molecule is CCCCN(C)C(=S)[S-]. The minimum atomic E-state index is 0.573. The predicted octanol–water partition coefficient (Wildman–Crippen LogP) is 1.55. The molecule has 1 nitrogen and oxygen atoms in total. The summed E-state index contributed by atoms with van der Waals surface area (Å²) in [6.07, 6.45) is 2.37. The average molecular weight is 162 g/mol. The van der Waals surface area contributed by atoms with E-state index in [0.717, 1.165) is 6.54 Å². The van der Waals surface area contributed by atoms with Crippen LogP contribution in [0.5, 0.6) is 0 Å². The van der Waals surface area contributed by atoms with Crippen molar-refractivity contribution >= 4 is 29.2 Å². The Kier molecular flexibility index (Phi) is 5.00. The molecule has 0 aliphatic carbocycles. The van der Waals surface area contributed by atoms with Gasteiger partial charge in [-0.25, -0.2) is 0 Å². The molecule has 0 aromatic heterocycles. The van der Waals surface area contributed by atoms with Crippen LogP contribution in [0.1, 0.15) is 19.8 Å². The zero-order valence-electron chi connectivity index (χ0n) is 5.89. The topological polar surface area (TPSA) is 3.24 Å². The Morgan fingerprint density at radius 1 is 1.67 bits per heavy atom. The molecule has 9 heavy (non-hydrogen) atoms. The monoisotopic (exact) mass is 162 g/mol. The average Bonchev–Trinajstić information content (AvgIpc) is 1.82. The van der Waals surface area contributed by atoms with Crippen LogP contribution >= 0.6 is 12.2 Å². The fourth-order valence-corrected chi connectivity index (χ4v) is 0.669. The Labute approximate surface area is 67.8 Å². The van der Waals surface area contributed by atoms with E-state index in [1.54, 1.807) is 0 Å². The molecule has 3 heteroatoms. The van der Waals surface area contributed by atoms with Crippen molar-refractivity contribution in [3.63, 3.8) is 0 Å². The van der Waals surface area contributed by atoms with Crippen LogP contribution in [0.3, 0.4) is 0 Å². The van der Waals surface area contributed by atoms with Gasteiger partial charge in [-0.05, 0) is 6.42 Å². The Bertz CT molecular complexity index is 93.1. The van der Waals surface area contributed by atoms with Gasteiger partial charge in [-0.1, -0.05) is 17.7 Å². The van der Waals surface area contributed by atoms with Gasteiger partial charge in [-0.2, -0.15) is 0 Å². The maximum absolute atomic E-state index is 4.77. The Morgan fingerprint density at radius 3 is 2.56 bits per heavy atom. The Hall–Kier alpha value is 0.110. The van der Waals surface area contributed by atoms with Crippen LogP contribution in [0.15, 0.2) is 0 Å². The fraction of sp³-hybridized carbons (Fsp3) is 0.833. The molecule has 0 fully saturated rings. The summed E-state index contributed by atoms with van der Waals surface area (Å²) < 4.78 is 0.573. The predicted molar refractivity (Wildman–Crippen MR) is 47.5 cm³/mol. The summed E-state index contributed by atoms with van der Waals surface area (Å²) in [4.78, 5) is 1.92. The van der Waals surface area contributed by atoms with Gasteiger partial charge in [0.1, 0.15) is 0 Å². The van der Waals surface area contributed by atoms with Crippen LogP contribution in [0.2, 0.25) is 0 Å². The molecule has 0 aliphatic rings. The highest BCUT2D eigenvalue weighted by Gasteiger charge is 1.88. The second-order valence-corrected chi connectivity index (χ2v) is 3.07. The fourth-order valence-electron chi connectivity index (χ4n) is 0.487. The van der Waals surface area contributed by atoms with E-state index in [0.29, 0.717) is 4.32 Å². The molecule has 0 bridgehead atoms. The number of hydrogen-bond acceptors (Lipinski definition) is 2. The van der Waals surface area contributed by atoms with Gasteiger partial charge in [0, 0.05) is 13.6 Å². The van der Waals surface area contributed by atoms with Crippen molar-refractivity contribution in [2.24, 2.45) is 0 Å². The molecule has 0 spiro atoms. The van der Waals surface area contributed by atoms with E-state index in [4.69, 9.17) is 24.8 Å². The zero-order valence-corrected chi connectivity index (χ0v) is 7.52. The second-order valence-electron chi connectivity index (χ2n) is 2.04. The van der Waals surface area contributed by atoms with E-state index in [9.17, 15) is 0 Å². The van der Waals surface area contributed by atoms with Gasteiger partial charge in [0.2, 0.25) is 0 Å². The van der Waals surface area contributed by atoms with Gasteiger partial charge >= 0.3 is 0 Å². The number of hydrogen-bond donors (Lipinski definition) is 0. The summed E-state index contributed by atoms with van der Waals surface area (Å²) in [7, 11) is 1.94. The summed E-state index contributed by atoms with van der Waals surface area (Å²) in [5.41, 5.74) is 0. The summed E-state index contributed by atoms with van der Waals surface area (Å²) >= 11 is 9.54. The Morgan fingerprint density at radius 2 is 2.22 bits per heavy atom. The first kappa shape index (κ1) is 9.11. The van der Waals surface area contributed by atoms with Crippen molar-refractivity contribution in [3.05, 3.63) is 0 Å². The zero-order chi connectivity index (χ0) is 7.28. The summed E-state index contributed by atoms with van der Waals surface area (Å²) in [6.45, 7) is 3.15. The van der Waals surface area contributed by atoms with E-state index in [1.165, 1.54) is 12.8 Å². The lowest BCUT2D eigenvalue weighted by Crippen LogP contribution is -2.23. The highest BCUT2D eigenvalue weighted by Crippen LogP contribution is 1.91. The second kappa shape index (κ2) is 4.94. The molecule has 0 aliphatic heterocycles. The maximum Gasteiger partial charge on any atom is 0.0159 e. The maximum atomic E-state index is 4.77. The summed E-state index contributed by atoms with van der Waals surface area (Å²) in [5, 5.41) is 0. The van der Waals surface area contributed by atoms with Gasteiger partial charge in [0.25, 0.3) is 0 Å². The van der Waals surface area contributed by atoms with E-state index in [1.807, 2.05) is 11.9 Å². The molecule has 54 valence electrons. The lowest BCUT2D eigenvalue weighted by Gasteiger charge is -2.22. The van der Waals surface area contributed by atoms with E-state index < -0.39 is 0 Å². The molecular weight excluding hydrogens is 150 g/mol.